The van der Waals surface area contributed by atoms with Gasteiger partial charge in [-0.2, -0.15) is 4.98 Å². The fourth-order valence-electron chi connectivity index (χ4n) is 1.47. The van der Waals surface area contributed by atoms with E-state index in [0.29, 0.717) is 5.56 Å². The predicted octanol–water partition coefficient (Wildman–Crippen LogP) is 1.01. The summed E-state index contributed by atoms with van der Waals surface area (Å²) < 4.78 is 18.1. The predicted molar refractivity (Wildman–Crippen MR) is 65.3 cm³/mol. The van der Waals surface area contributed by atoms with Crippen LogP contribution in [0.4, 0.5) is 4.39 Å². The van der Waals surface area contributed by atoms with Gasteiger partial charge in [-0.1, -0.05) is 17.3 Å². The third kappa shape index (κ3) is 3.35. The van der Waals surface area contributed by atoms with Crippen LogP contribution in [0.25, 0.3) is 11.4 Å². The first kappa shape index (κ1) is 13.2. The van der Waals surface area contributed by atoms with E-state index in [4.69, 9.17) is 10.3 Å². The zero-order chi connectivity index (χ0) is 13.8. The highest BCUT2D eigenvalue weighted by Gasteiger charge is 2.16. The molecule has 7 heteroatoms. The van der Waals surface area contributed by atoms with Gasteiger partial charge in [0.2, 0.25) is 17.6 Å². The molecule has 2 aromatic rings. The maximum absolute atomic E-state index is 13.1. The molecule has 1 aromatic carbocycles. The number of halogens is 1. The normalized spacial score (nSPS) is 12.2. The van der Waals surface area contributed by atoms with Gasteiger partial charge in [0.25, 0.3) is 0 Å². The van der Waals surface area contributed by atoms with Crippen LogP contribution in [0.2, 0.25) is 0 Å². The van der Waals surface area contributed by atoms with E-state index >= 15 is 0 Å². The smallest absolute Gasteiger partial charge is 0.245 e. The average Bonchev–Trinajstić information content (AvgIpc) is 2.85. The summed E-state index contributed by atoms with van der Waals surface area (Å²) in [5.74, 6) is -0.132. The van der Waals surface area contributed by atoms with Gasteiger partial charge in [0.1, 0.15) is 11.9 Å². The number of hydrogen-bond acceptors (Lipinski definition) is 5. The van der Waals surface area contributed by atoms with Gasteiger partial charge in [0, 0.05) is 19.0 Å². The lowest BCUT2D eigenvalue weighted by atomic mass is 10.2. The molecule has 0 saturated carbocycles. The molecule has 1 aromatic heterocycles. The van der Waals surface area contributed by atoms with Crippen LogP contribution in [0.15, 0.2) is 28.8 Å². The Balaban J connectivity index is 2.12. The zero-order valence-corrected chi connectivity index (χ0v) is 10.3. The Bertz CT molecular complexity index is 585. The minimum absolute atomic E-state index is 0.188. The number of carbonyl (C=O) groups excluding carboxylic acids is 1. The van der Waals surface area contributed by atoms with Crippen LogP contribution in [-0.2, 0) is 4.79 Å². The lowest BCUT2D eigenvalue weighted by Gasteiger charge is -2.06. The summed E-state index contributed by atoms with van der Waals surface area (Å²) in [7, 11) is 0. The Morgan fingerprint density at radius 2 is 2.37 bits per heavy atom. The Labute approximate surface area is 108 Å². The van der Waals surface area contributed by atoms with E-state index in [1.165, 1.54) is 19.1 Å². The van der Waals surface area contributed by atoms with Gasteiger partial charge in [0.05, 0.1) is 0 Å². The molecule has 0 aliphatic rings. The molecule has 1 atom stereocenters. The monoisotopic (exact) mass is 264 g/mol. The van der Waals surface area contributed by atoms with Crippen molar-refractivity contribution in [3.8, 4) is 11.4 Å². The van der Waals surface area contributed by atoms with Crippen molar-refractivity contribution >= 4 is 5.91 Å². The molecular formula is C12H13FN4O2. The summed E-state index contributed by atoms with van der Waals surface area (Å²) in [6, 6.07) is 5.24. The number of carbonyl (C=O) groups is 1. The van der Waals surface area contributed by atoms with Crippen molar-refractivity contribution in [2.45, 2.75) is 13.0 Å². The number of amides is 1. The summed E-state index contributed by atoms with van der Waals surface area (Å²) in [4.78, 5) is 14.8. The Hall–Kier alpha value is -2.28. The summed E-state index contributed by atoms with van der Waals surface area (Å²) in [5, 5.41) is 6.28. The van der Waals surface area contributed by atoms with Crippen LogP contribution in [0, 0.1) is 5.82 Å². The molecule has 1 unspecified atom stereocenters. The topological polar surface area (TPSA) is 94.0 Å². The Kier molecular flexibility index (Phi) is 3.86. The van der Waals surface area contributed by atoms with Crippen molar-refractivity contribution in [3.63, 3.8) is 0 Å². The molecule has 3 N–H and O–H groups in total. The lowest BCUT2D eigenvalue weighted by molar-refractivity contribution is -0.119. The van der Waals surface area contributed by atoms with Gasteiger partial charge < -0.3 is 15.6 Å². The molecule has 0 aliphatic heterocycles. The fourth-order valence-corrected chi connectivity index (χ4v) is 1.47. The number of nitrogens with one attached hydrogen (secondary N) is 1. The summed E-state index contributed by atoms with van der Waals surface area (Å²) in [6.45, 7) is 1.58. The van der Waals surface area contributed by atoms with Crippen LogP contribution >= 0.6 is 0 Å². The van der Waals surface area contributed by atoms with Crippen LogP contribution in [0.1, 0.15) is 18.9 Å². The van der Waals surface area contributed by atoms with Crippen molar-refractivity contribution in [2.75, 3.05) is 6.54 Å². The summed E-state index contributed by atoms with van der Waals surface area (Å²) in [6.07, 6.45) is 0. The third-order valence-corrected chi connectivity index (χ3v) is 2.41. The second-order valence-electron chi connectivity index (χ2n) is 4.01. The van der Waals surface area contributed by atoms with E-state index in [2.05, 4.69) is 15.5 Å². The number of benzene rings is 1. The van der Waals surface area contributed by atoms with Gasteiger partial charge in [-0.15, -0.1) is 0 Å². The van der Waals surface area contributed by atoms with Crippen LogP contribution < -0.4 is 11.1 Å². The second kappa shape index (κ2) is 5.57. The first-order valence-electron chi connectivity index (χ1n) is 5.66. The minimum atomic E-state index is -0.598. The van der Waals surface area contributed by atoms with Crippen molar-refractivity contribution < 1.29 is 13.7 Å². The molecule has 0 bridgehead atoms. The van der Waals surface area contributed by atoms with E-state index in [-0.39, 0.29) is 30.0 Å². The highest BCUT2D eigenvalue weighted by Crippen LogP contribution is 2.18. The third-order valence-electron chi connectivity index (χ3n) is 2.41. The molecule has 2 rings (SSSR count). The van der Waals surface area contributed by atoms with Crippen LogP contribution in [0.5, 0.6) is 0 Å². The summed E-state index contributed by atoms with van der Waals surface area (Å²) >= 11 is 0. The molecule has 19 heavy (non-hydrogen) atoms. The quantitative estimate of drug-likeness (QED) is 0.859. The number of nitrogens with two attached hydrogens (primary N) is 1. The standard InChI is InChI=1S/C12H13FN4O2/c1-7(18)15-6-10(14)12-16-11(17-19-12)8-3-2-4-9(13)5-8/h2-5,10H,6,14H2,1H3,(H,15,18). The maximum Gasteiger partial charge on any atom is 0.245 e. The number of hydrogen-bond donors (Lipinski definition) is 2. The van der Waals surface area contributed by atoms with Gasteiger partial charge in [-0.25, -0.2) is 4.39 Å². The molecule has 6 nitrogen and oxygen atoms in total. The van der Waals surface area contributed by atoms with E-state index in [0.717, 1.165) is 0 Å². The largest absolute Gasteiger partial charge is 0.354 e. The van der Waals surface area contributed by atoms with Crippen molar-refractivity contribution in [1.82, 2.24) is 15.5 Å². The molecule has 1 amide bonds. The first-order chi connectivity index (χ1) is 9.06. The van der Waals surface area contributed by atoms with E-state index in [1.54, 1.807) is 12.1 Å². The van der Waals surface area contributed by atoms with Crippen molar-refractivity contribution in [3.05, 3.63) is 36.0 Å². The highest BCUT2D eigenvalue weighted by atomic mass is 19.1. The molecule has 0 spiro atoms. The SMILES string of the molecule is CC(=O)NCC(N)c1nc(-c2cccc(F)c2)no1. The van der Waals surface area contributed by atoms with Gasteiger partial charge in [0.15, 0.2) is 0 Å². The van der Waals surface area contributed by atoms with Crippen molar-refractivity contribution in [2.24, 2.45) is 5.73 Å². The fraction of sp³-hybridized carbons (Fsp3) is 0.250. The number of aromatic nitrogens is 2. The first-order valence-corrected chi connectivity index (χ1v) is 5.66. The maximum atomic E-state index is 13.1. The van der Waals surface area contributed by atoms with Crippen molar-refractivity contribution in [1.29, 1.82) is 0 Å². The van der Waals surface area contributed by atoms with E-state index in [9.17, 15) is 9.18 Å². The molecule has 0 aliphatic carbocycles. The molecule has 0 radical (unpaired) electrons. The van der Waals surface area contributed by atoms with Crippen LogP contribution in [-0.4, -0.2) is 22.6 Å². The van der Waals surface area contributed by atoms with Gasteiger partial charge >= 0.3 is 0 Å². The van der Waals surface area contributed by atoms with Crippen LogP contribution in [0.3, 0.4) is 0 Å². The minimum Gasteiger partial charge on any atom is -0.354 e. The highest BCUT2D eigenvalue weighted by molar-refractivity contribution is 5.72. The molecular weight excluding hydrogens is 251 g/mol. The molecule has 0 fully saturated rings. The second-order valence-corrected chi connectivity index (χ2v) is 4.01. The number of nitrogens with zero attached hydrogens (tertiary/aromatic N) is 2. The lowest BCUT2D eigenvalue weighted by Crippen LogP contribution is -2.30. The summed E-state index contributed by atoms with van der Waals surface area (Å²) in [5.41, 5.74) is 6.28. The Morgan fingerprint density at radius 3 is 3.05 bits per heavy atom. The zero-order valence-electron chi connectivity index (χ0n) is 10.3. The molecule has 1 heterocycles. The molecule has 100 valence electrons. The molecule has 0 saturated heterocycles. The van der Waals surface area contributed by atoms with Gasteiger partial charge in [-0.3, -0.25) is 4.79 Å². The van der Waals surface area contributed by atoms with E-state index in [1.807, 2.05) is 0 Å². The van der Waals surface area contributed by atoms with Gasteiger partial charge in [-0.05, 0) is 12.1 Å². The Morgan fingerprint density at radius 1 is 1.58 bits per heavy atom. The average molecular weight is 264 g/mol. The number of rotatable bonds is 4. The van der Waals surface area contributed by atoms with E-state index < -0.39 is 6.04 Å².